The fourth-order valence-electron chi connectivity index (χ4n) is 1.70. The van der Waals surface area contributed by atoms with E-state index < -0.39 is 0 Å². The summed E-state index contributed by atoms with van der Waals surface area (Å²) >= 11 is 1.37. The Hall–Kier alpha value is -1.69. The van der Waals surface area contributed by atoms with Gasteiger partial charge in [-0.1, -0.05) is 13.8 Å². The highest BCUT2D eigenvalue weighted by molar-refractivity contribution is 7.17. The van der Waals surface area contributed by atoms with Crippen LogP contribution in [0.5, 0.6) is 0 Å². The third kappa shape index (κ3) is 3.01. The van der Waals surface area contributed by atoms with E-state index in [1.807, 2.05) is 26.2 Å². The van der Waals surface area contributed by atoms with Crippen molar-refractivity contribution in [3.05, 3.63) is 27.6 Å². The van der Waals surface area contributed by atoms with Crippen LogP contribution < -0.4 is 10.9 Å². The summed E-state index contributed by atoms with van der Waals surface area (Å²) in [6.45, 7) is 6.60. The highest BCUT2D eigenvalue weighted by Gasteiger charge is 2.10. The zero-order chi connectivity index (χ0) is 14.0. The Kier molecular flexibility index (Phi) is 3.99. The third-order valence-electron chi connectivity index (χ3n) is 2.74. The summed E-state index contributed by atoms with van der Waals surface area (Å²) in [6.07, 6.45) is 1.44. The van der Waals surface area contributed by atoms with E-state index >= 15 is 0 Å². The van der Waals surface area contributed by atoms with Gasteiger partial charge in [0, 0.05) is 6.54 Å². The van der Waals surface area contributed by atoms with Crippen molar-refractivity contribution in [3.63, 3.8) is 0 Å². The summed E-state index contributed by atoms with van der Waals surface area (Å²) in [6, 6.07) is 0. The van der Waals surface area contributed by atoms with Gasteiger partial charge in [-0.2, -0.15) is 0 Å². The molecule has 0 aliphatic rings. The minimum absolute atomic E-state index is 0.0193. The molecule has 0 unspecified atom stereocenters. The molecule has 2 heterocycles. The smallest absolute Gasteiger partial charge is 0.271 e. The predicted molar refractivity (Wildman–Crippen MR) is 76.5 cm³/mol. The number of thiophene rings is 1. The van der Waals surface area contributed by atoms with Gasteiger partial charge in [0.15, 0.2) is 0 Å². The Labute approximate surface area is 115 Å². The Bertz CT molecular complexity index is 657. The number of hydrogen-bond acceptors (Lipinski definition) is 4. The van der Waals surface area contributed by atoms with E-state index in [0.717, 1.165) is 11.1 Å². The monoisotopic (exact) mass is 279 g/mol. The molecule has 0 spiro atoms. The second-order valence-electron chi connectivity index (χ2n) is 4.97. The van der Waals surface area contributed by atoms with Gasteiger partial charge in [0.25, 0.3) is 5.56 Å². The molecule has 5 nitrogen and oxygen atoms in total. The first kappa shape index (κ1) is 13.7. The van der Waals surface area contributed by atoms with E-state index in [1.54, 1.807) is 0 Å². The highest BCUT2D eigenvalue weighted by Crippen LogP contribution is 2.19. The molecule has 6 heteroatoms. The summed E-state index contributed by atoms with van der Waals surface area (Å²) in [4.78, 5) is 28.1. The second-order valence-corrected chi connectivity index (χ2v) is 5.85. The van der Waals surface area contributed by atoms with Crippen LogP contribution in [-0.2, 0) is 11.3 Å². The van der Waals surface area contributed by atoms with Gasteiger partial charge >= 0.3 is 0 Å². The Balaban J connectivity index is 2.20. The van der Waals surface area contributed by atoms with E-state index in [1.165, 1.54) is 22.2 Å². The summed E-state index contributed by atoms with van der Waals surface area (Å²) in [5, 5.41) is 4.69. The van der Waals surface area contributed by atoms with E-state index in [4.69, 9.17) is 0 Å². The number of carbonyl (C=O) groups excluding carboxylic acids is 1. The first-order valence-corrected chi connectivity index (χ1v) is 7.07. The average molecular weight is 279 g/mol. The van der Waals surface area contributed by atoms with E-state index in [-0.39, 0.29) is 18.0 Å². The van der Waals surface area contributed by atoms with Crippen molar-refractivity contribution in [1.82, 2.24) is 14.9 Å². The lowest BCUT2D eigenvalue weighted by Gasteiger charge is -2.08. The molecule has 0 bridgehead atoms. The van der Waals surface area contributed by atoms with E-state index in [9.17, 15) is 9.59 Å². The number of carbonyl (C=O) groups is 1. The molecule has 0 aromatic carbocycles. The molecule has 1 N–H and O–H groups in total. The molecule has 0 atom stereocenters. The number of fused-ring (bicyclic) bond motifs is 1. The summed E-state index contributed by atoms with van der Waals surface area (Å²) in [5.41, 5.74) is 1.57. The standard InChI is InChI=1S/C13H17N3O2S/c1-8(2)4-14-10(17)5-16-7-15-11-9(3)6-19-12(11)13(16)18/h6-8H,4-5H2,1-3H3,(H,14,17). The van der Waals surface area contributed by atoms with Crippen LogP contribution in [0, 0.1) is 12.8 Å². The van der Waals surface area contributed by atoms with Gasteiger partial charge in [-0.05, 0) is 23.8 Å². The average Bonchev–Trinajstić information content (AvgIpc) is 2.73. The minimum Gasteiger partial charge on any atom is -0.354 e. The summed E-state index contributed by atoms with van der Waals surface area (Å²) in [5.74, 6) is 0.228. The Morgan fingerprint density at radius 1 is 1.53 bits per heavy atom. The topological polar surface area (TPSA) is 64.0 Å². The first-order valence-electron chi connectivity index (χ1n) is 6.19. The van der Waals surface area contributed by atoms with Crippen molar-refractivity contribution in [3.8, 4) is 0 Å². The SMILES string of the molecule is Cc1csc2c(=O)n(CC(=O)NCC(C)C)cnc12. The van der Waals surface area contributed by atoms with Gasteiger partial charge in [-0.3, -0.25) is 14.2 Å². The van der Waals surface area contributed by atoms with Crippen LogP contribution in [-0.4, -0.2) is 22.0 Å². The number of nitrogens with zero attached hydrogens (tertiary/aromatic N) is 2. The van der Waals surface area contributed by atoms with Gasteiger partial charge < -0.3 is 5.32 Å². The summed E-state index contributed by atoms with van der Waals surface area (Å²) < 4.78 is 1.96. The molecule has 19 heavy (non-hydrogen) atoms. The molecule has 2 aromatic heterocycles. The number of aryl methyl sites for hydroxylation is 1. The lowest BCUT2D eigenvalue weighted by molar-refractivity contribution is -0.121. The maximum atomic E-state index is 12.2. The van der Waals surface area contributed by atoms with Crippen molar-refractivity contribution in [2.45, 2.75) is 27.3 Å². The van der Waals surface area contributed by atoms with E-state index in [0.29, 0.717) is 17.2 Å². The second kappa shape index (κ2) is 5.52. The van der Waals surface area contributed by atoms with Crippen LogP contribution in [0.2, 0.25) is 0 Å². The molecule has 2 aromatic rings. The van der Waals surface area contributed by atoms with Crippen LogP contribution in [0.15, 0.2) is 16.5 Å². The van der Waals surface area contributed by atoms with Crippen LogP contribution in [0.4, 0.5) is 0 Å². The van der Waals surface area contributed by atoms with Crippen molar-refractivity contribution in [1.29, 1.82) is 0 Å². The molecule has 0 radical (unpaired) electrons. The maximum absolute atomic E-state index is 12.2. The van der Waals surface area contributed by atoms with Gasteiger partial charge in [0.05, 0.1) is 11.8 Å². The molecular formula is C13H17N3O2S. The van der Waals surface area contributed by atoms with Crippen molar-refractivity contribution >= 4 is 27.5 Å². The van der Waals surface area contributed by atoms with E-state index in [2.05, 4.69) is 10.3 Å². The van der Waals surface area contributed by atoms with Crippen molar-refractivity contribution in [2.24, 2.45) is 5.92 Å². The van der Waals surface area contributed by atoms with Gasteiger partial charge in [0.1, 0.15) is 11.2 Å². The zero-order valence-electron chi connectivity index (χ0n) is 11.3. The maximum Gasteiger partial charge on any atom is 0.271 e. The lowest BCUT2D eigenvalue weighted by Crippen LogP contribution is -2.34. The molecule has 0 saturated carbocycles. The van der Waals surface area contributed by atoms with Gasteiger partial charge in [0.2, 0.25) is 5.91 Å². The number of nitrogens with one attached hydrogen (secondary N) is 1. The third-order valence-corrected chi connectivity index (χ3v) is 3.82. The Morgan fingerprint density at radius 3 is 2.95 bits per heavy atom. The molecule has 1 amide bonds. The molecule has 0 aliphatic heterocycles. The fraction of sp³-hybridized carbons (Fsp3) is 0.462. The molecular weight excluding hydrogens is 262 g/mol. The normalized spacial score (nSPS) is 11.2. The number of hydrogen-bond donors (Lipinski definition) is 1. The number of rotatable bonds is 4. The van der Waals surface area contributed by atoms with Crippen LogP contribution in [0.25, 0.3) is 10.2 Å². The Morgan fingerprint density at radius 2 is 2.26 bits per heavy atom. The zero-order valence-corrected chi connectivity index (χ0v) is 12.1. The predicted octanol–water partition coefficient (Wildman–Crippen LogP) is 1.54. The number of amides is 1. The highest BCUT2D eigenvalue weighted by atomic mass is 32.1. The molecule has 0 fully saturated rings. The summed E-state index contributed by atoms with van der Waals surface area (Å²) in [7, 11) is 0. The van der Waals surface area contributed by atoms with Gasteiger partial charge in [-0.25, -0.2) is 4.98 Å². The van der Waals surface area contributed by atoms with Crippen LogP contribution in [0.3, 0.4) is 0 Å². The quantitative estimate of drug-likeness (QED) is 0.923. The lowest BCUT2D eigenvalue weighted by atomic mass is 10.2. The molecule has 0 aliphatic carbocycles. The van der Waals surface area contributed by atoms with Crippen molar-refractivity contribution < 1.29 is 4.79 Å². The van der Waals surface area contributed by atoms with Crippen molar-refractivity contribution in [2.75, 3.05) is 6.54 Å². The number of aromatic nitrogens is 2. The van der Waals surface area contributed by atoms with Crippen LogP contribution in [0.1, 0.15) is 19.4 Å². The van der Waals surface area contributed by atoms with Gasteiger partial charge in [-0.15, -0.1) is 11.3 Å². The molecule has 102 valence electrons. The fourth-order valence-corrected chi connectivity index (χ4v) is 2.65. The van der Waals surface area contributed by atoms with Crippen LogP contribution >= 0.6 is 11.3 Å². The molecule has 0 saturated heterocycles. The first-order chi connectivity index (χ1) is 8.99. The minimum atomic E-state index is -0.162. The largest absolute Gasteiger partial charge is 0.354 e. The molecule has 2 rings (SSSR count).